The molecule has 6 heteroatoms. The second kappa shape index (κ2) is 2.85. The average Bonchev–Trinajstić information content (AvgIpc) is 2.30. The monoisotopic (exact) mass is 200 g/mol. The first-order valence-electron chi connectivity index (χ1n) is 3.74. The molecule has 76 valence electrons. The molecule has 1 fully saturated rings. The van der Waals surface area contributed by atoms with Gasteiger partial charge in [0.1, 0.15) is 6.17 Å². The predicted octanol–water partition coefficient (Wildman–Crippen LogP) is 2.14. The molecule has 0 unspecified atom stereocenters. The number of rotatable bonds is 1. The Hall–Kier alpha value is -0.810. The zero-order valence-corrected chi connectivity index (χ0v) is 6.57. The second-order valence-corrected chi connectivity index (χ2v) is 3.23. The molecule has 0 heterocycles. The van der Waals surface area contributed by atoms with Crippen LogP contribution in [-0.4, -0.2) is 23.4 Å². The maximum absolute atomic E-state index is 12.5. The van der Waals surface area contributed by atoms with Crippen LogP contribution in [0.2, 0.25) is 0 Å². The van der Waals surface area contributed by atoms with Crippen LogP contribution in [0, 0.1) is 5.41 Å². The van der Waals surface area contributed by atoms with Crippen molar-refractivity contribution < 1.29 is 27.5 Å². The van der Waals surface area contributed by atoms with Gasteiger partial charge in [0, 0.05) is 6.42 Å². The molecule has 2 nitrogen and oxygen atoms in total. The highest BCUT2D eigenvalue weighted by molar-refractivity contribution is 5.76. The van der Waals surface area contributed by atoms with Crippen molar-refractivity contribution in [1.29, 1.82) is 0 Å². The lowest BCUT2D eigenvalue weighted by molar-refractivity contribution is -0.230. The highest BCUT2D eigenvalue weighted by Gasteiger charge is 2.63. The van der Waals surface area contributed by atoms with Gasteiger partial charge in [-0.25, -0.2) is 4.39 Å². The van der Waals surface area contributed by atoms with Crippen molar-refractivity contribution in [3.63, 3.8) is 0 Å². The summed E-state index contributed by atoms with van der Waals surface area (Å²) in [5, 5.41) is 8.43. The van der Waals surface area contributed by atoms with Crippen LogP contribution in [0.4, 0.5) is 17.6 Å². The molecule has 0 radical (unpaired) electrons. The number of carbonyl (C=O) groups is 1. The maximum atomic E-state index is 12.5. The summed E-state index contributed by atoms with van der Waals surface area (Å²) in [5.41, 5.74) is -2.85. The highest BCUT2D eigenvalue weighted by Crippen LogP contribution is 2.51. The van der Waals surface area contributed by atoms with Crippen LogP contribution in [0.3, 0.4) is 0 Å². The zero-order chi connectivity index (χ0) is 10.3. The lowest BCUT2D eigenvalue weighted by Gasteiger charge is -2.26. The minimum atomic E-state index is -4.86. The summed E-state index contributed by atoms with van der Waals surface area (Å²) < 4.78 is 49.4. The topological polar surface area (TPSA) is 37.3 Å². The molecular formula is C7H8F4O2. The van der Waals surface area contributed by atoms with Crippen molar-refractivity contribution in [2.24, 2.45) is 5.41 Å². The molecular weight excluding hydrogens is 192 g/mol. The Morgan fingerprint density at radius 1 is 1.46 bits per heavy atom. The Morgan fingerprint density at radius 3 is 2.15 bits per heavy atom. The fourth-order valence-electron chi connectivity index (χ4n) is 1.56. The van der Waals surface area contributed by atoms with Crippen LogP contribution >= 0.6 is 0 Å². The van der Waals surface area contributed by atoms with Crippen LogP contribution in [0.25, 0.3) is 0 Å². The first kappa shape index (κ1) is 10.3. The van der Waals surface area contributed by atoms with E-state index in [9.17, 15) is 22.4 Å². The number of aliphatic carboxylic acids is 1. The number of carboxylic acid groups (broad SMARTS) is 1. The third-order valence-corrected chi connectivity index (χ3v) is 2.41. The fourth-order valence-corrected chi connectivity index (χ4v) is 1.56. The Balaban J connectivity index is 2.97. The van der Waals surface area contributed by atoms with E-state index in [0.29, 0.717) is 0 Å². The highest BCUT2D eigenvalue weighted by atomic mass is 19.4. The van der Waals surface area contributed by atoms with E-state index in [0.717, 1.165) is 0 Å². The number of carboxylic acids is 1. The van der Waals surface area contributed by atoms with Gasteiger partial charge >= 0.3 is 12.1 Å². The van der Waals surface area contributed by atoms with Crippen molar-refractivity contribution in [3.8, 4) is 0 Å². The largest absolute Gasteiger partial charge is 0.481 e. The Kier molecular flexibility index (Phi) is 2.25. The molecule has 0 aromatic rings. The van der Waals surface area contributed by atoms with Gasteiger partial charge in [-0.15, -0.1) is 0 Å². The van der Waals surface area contributed by atoms with E-state index in [1.807, 2.05) is 0 Å². The molecule has 0 aliphatic heterocycles. The van der Waals surface area contributed by atoms with Crippen molar-refractivity contribution in [2.45, 2.75) is 31.6 Å². The first-order chi connectivity index (χ1) is 5.79. The number of hydrogen-bond acceptors (Lipinski definition) is 1. The van der Waals surface area contributed by atoms with Crippen molar-refractivity contribution in [2.75, 3.05) is 0 Å². The molecule has 1 aliphatic carbocycles. The normalized spacial score (nSPS) is 34.9. The summed E-state index contributed by atoms with van der Waals surface area (Å²) in [6, 6.07) is 0. The summed E-state index contributed by atoms with van der Waals surface area (Å²) in [6.07, 6.45) is -8.46. The molecule has 1 aliphatic rings. The third-order valence-electron chi connectivity index (χ3n) is 2.41. The van der Waals surface area contributed by atoms with Crippen molar-refractivity contribution in [3.05, 3.63) is 0 Å². The fraction of sp³-hybridized carbons (Fsp3) is 0.857. The molecule has 0 aromatic heterocycles. The maximum Gasteiger partial charge on any atom is 0.405 e. The third kappa shape index (κ3) is 1.49. The lowest BCUT2D eigenvalue weighted by Crippen LogP contribution is -2.43. The first-order valence-corrected chi connectivity index (χ1v) is 3.74. The average molecular weight is 200 g/mol. The van der Waals surface area contributed by atoms with Gasteiger partial charge in [-0.3, -0.25) is 4.79 Å². The minimum absolute atomic E-state index is 0.328. The van der Waals surface area contributed by atoms with Gasteiger partial charge in [-0.1, -0.05) is 0 Å². The Morgan fingerprint density at radius 2 is 2.00 bits per heavy atom. The lowest BCUT2D eigenvalue weighted by atomic mass is 9.85. The van der Waals surface area contributed by atoms with E-state index in [-0.39, 0.29) is 6.42 Å². The summed E-state index contributed by atoms with van der Waals surface area (Å²) in [5.74, 6) is -1.97. The van der Waals surface area contributed by atoms with E-state index < -0.39 is 36.6 Å². The molecule has 1 rings (SSSR count). The molecule has 0 saturated heterocycles. The number of hydrogen-bond donors (Lipinski definition) is 1. The van der Waals surface area contributed by atoms with Crippen LogP contribution in [0.5, 0.6) is 0 Å². The standard InChI is InChI=1S/C7H8F4O2/c8-4-1-2-6(3-4,5(12)13)7(9,10)11/h4H,1-3H2,(H,12,13)/t4-,6+/m1/s1. The summed E-state index contributed by atoms with van der Waals surface area (Å²) in [4.78, 5) is 10.4. The van der Waals surface area contributed by atoms with Crippen LogP contribution < -0.4 is 0 Å². The van der Waals surface area contributed by atoms with Gasteiger partial charge in [-0.2, -0.15) is 13.2 Å². The number of alkyl halides is 4. The number of halogens is 4. The van der Waals surface area contributed by atoms with Gasteiger partial charge < -0.3 is 5.11 Å². The van der Waals surface area contributed by atoms with E-state index in [4.69, 9.17) is 5.11 Å². The van der Waals surface area contributed by atoms with E-state index in [2.05, 4.69) is 0 Å². The molecule has 1 N–H and O–H groups in total. The van der Waals surface area contributed by atoms with Crippen LogP contribution in [-0.2, 0) is 4.79 Å². The van der Waals surface area contributed by atoms with E-state index >= 15 is 0 Å². The predicted molar refractivity (Wildman–Crippen MR) is 34.9 cm³/mol. The van der Waals surface area contributed by atoms with Crippen LogP contribution in [0.15, 0.2) is 0 Å². The molecule has 1 saturated carbocycles. The van der Waals surface area contributed by atoms with Gasteiger partial charge in [0.2, 0.25) is 0 Å². The van der Waals surface area contributed by atoms with Gasteiger partial charge in [0.15, 0.2) is 5.41 Å². The van der Waals surface area contributed by atoms with Gasteiger partial charge in [0.05, 0.1) is 0 Å². The molecule has 13 heavy (non-hydrogen) atoms. The second-order valence-electron chi connectivity index (χ2n) is 3.23. The Labute approximate surface area is 71.5 Å². The minimum Gasteiger partial charge on any atom is -0.481 e. The van der Waals surface area contributed by atoms with E-state index in [1.54, 1.807) is 0 Å². The molecule has 2 atom stereocenters. The van der Waals surface area contributed by atoms with Gasteiger partial charge in [-0.05, 0) is 12.8 Å². The van der Waals surface area contributed by atoms with Gasteiger partial charge in [0.25, 0.3) is 0 Å². The van der Waals surface area contributed by atoms with Crippen molar-refractivity contribution in [1.82, 2.24) is 0 Å². The molecule has 0 amide bonds. The Bertz CT molecular complexity index is 225. The summed E-state index contributed by atoms with van der Waals surface area (Å²) in [7, 11) is 0. The summed E-state index contributed by atoms with van der Waals surface area (Å²) in [6.45, 7) is 0. The molecule has 0 aromatic carbocycles. The van der Waals surface area contributed by atoms with E-state index in [1.165, 1.54) is 0 Å². The van der Waals surface area contributed by atoms with Crippen LogP contribution in [0.1, 0.15) is 19.3 Å². The molecule has 0 spiro atoms. The van der Waals surface area contributed by atoms with Crippen molar-refractivity contribution >= 4 is 5.97 Å². The SMILES string of the molecule is O=C(O)[C@]1(C(F)(F)F)CC[C@@H](F)C1. The smallest absolute Gasteiger partial charge is 0.405 e. The molecule has 0 bridgehead atoms. The summed E-state index contributed by atoms with van der Waals surface area (Å²) >= 11 is 0. The zero-order valence-electron chi connectivity index (χ0n) is 6.57. The quantitative estimate of drug-likeness (QED) is 0.658.